The molecular formula is C22H21N5O. The van der Waals surface area contributed by atoms with Crippen molar-refractivity contribution in [3.63, 3.8) is 0 Å². The molecule has 1 aliphatic rings. The van der Waals surface area contributed by atoms with Crippen LogP contribution in [0.15, 0.2) is 54.7 Å². The van der Waals surface area contributed by atoms with E-state index >= 15 is 0 Å². The molecule has 0 fully saturated rings. The summed E-state index contributed by atoms with van der Waals surface area (Å²) in [7, 11) is 1.77. The van der Waals surface area contributed by atoms with E-state index in [4.69, 9.17) is 9.84 Å². The molecule has 0 spiro atoms. The van der Waals surface area contributed by atoms with Crippen LogP contribution < -0.4 is 0 Å². The van der Waals surface area contributed by atoms with Crippen LogP contribution in [-0.2, 0) is 11.2 Å². The highest BCUT2D eigenvalue weighted by atomic mass is 16.5. The van der Waals surface area contributed by atoms with Crippen molar-refractivity contribution < 1.29 is 4.74 Å². The first kappa shape index (κ1) is 17.0. The summed E-state index contributed by atoms with van der Waals surface area (Å²) < 4.78 is 7.77. The molecule has 140 valence electrons. The van der Waals surface area contributed by atoms with Crippen molar-refractivity contribution in [3.05, 3.63) is 65.9 Å². The average molecular weight is 371 g/mol. The van der Waals surface area contributed by atoms with E-state index in [-0.39, 0.29) is 6.10 Å². The maximum absolute atomic E-state index is 5.91. The zero-order valence-corrected chi connectivity index (χ0v) is 15.9. The summed E-state index contributed by atoms with van der Waals surface area (Å²) in [6.07, 6.45) is 3.73. The van der Waals surface area contributed by atoms with Crippen LogP contribution in [0.25, 0.3) is 28.4 Å². The van der Waals surface area contributed by atoms with Gasteiger partial charge in [0, 0.05) is 30.0 Å². The monoisotopic (exact) mass is 371 g/mol. The average Bonchev–Trinajstić information content (AvgIpc) is 3.18. The van der Waals surface area contributed by atoms with Crippen LogP contribution in [0.1, 0.15) is 30.6 Å². The van der Waals surface area contributed by atoms with Gasteiger partial charge in [-0.25, -0.2) is 0 Å². The van der Waals surface area contributed by atoms with Gasteiger partial charge in [-0.2, -0.15) is 9.61 Å². The normalized spacial score (nSPS) is 18.9. The molecule has 3 aromatic heterocycles. The van der Waals surface area contributed by atoms with Gasteiger partial charge in [0.15, 0.2) is 11.5 Å². The Morgan fingerprint density at radius 1 is 1.04 bits per heavy atom. The van der Waals surface area contributed by atoms with Crippen molar-refractivity contribution >= 4 is 5.65 Å². The zero-order chi connectivity index (χ0) is 19.1. The minimum Gasteiger partial charge on any atom is -0.376 e. The first-order valence-electron chi connectivity index (χ1n) is 9.55. The second kappa shape index (κ2) is 6.80. The Bertz CT molecular complexity index is 1120. The minimum atomic E-state index is -0.0323. The predicted molar refractivity (Wildman–Crippen MR) is 107 cm³/mol. The fourth-order valence-electron chi connectivity index (χ4n) is 4.15. The third-order valence-electron chi connectivity index (χ3n) is 5.54. The van der Waals surface area contributed by atoms with Crippen LogP contribution in [0.4, 0.5) is 0 Å². The van der Waals surface area contributed by atoms with Crippen LogP contribution in [0, 0.1) is 5.92 Å². The molecule has 2 unspecified atom stereocenters. The number of pyridine rings is 1. The summed E-state index contributed by atoms with van der Waals surface area (Å²) in [5.41, 5.74) is 5.74. The Morgan fingerprint density at radius 3 is 2.61 bits per heavy atom. The van der Waals surface area contributed by atoms with Crippen LogP contribution in [-0.4, -0.2) is 31.9 Å². The molecule has 3 heterocycles. The van der Waals surface area contributed by atoms with Crippen LogP contribution in [0.3, 0.4) is 0 Å². The first-order valence-corrected chi connectivity index (χ1v) is 9.55. The van der Waals surface area contributed by atoms with E-state index < -0.39 is 0 Å². The fraction of sp³-hybridized carbons (Fsp3) is 0.273. The van der Waals surface area contributed by atoms with Crippen molar-refractivity contribution in [1.29, 1.82) is 0 Å². The van der Waals surface area contributed by atoms with Gasteiger partial charge in [0.05, 0.1) is 11.8 Å². The first-order chi connectivity index (χ1) is 13.8. The van der Waals surface area contributed by atoms with Gasteiger partial charge in [0.1, 0.15) is 5.69 Å². The largest absolute Gasteiger partial charge is 0.376 e. The van der Waals surface area contributed by atoms with Crippen molar-refractivity contribution in [2.75, 3.05) is 7.11 Å². The van der Waals surface area contributed by atoms with Crippen molar-refractivity contribution in [3.8, 4) is 22.8 Å². The van der Waals surface area contributed by atoms with Crippen LogP contribution >= 0.6 is 0 Å². The molecular weight excluding hydrogens is 350 g/mol. The molecule has 6 nitrogen and oxygen atoms in total. The number of rotatable bonds is 3. The number of aromatic nitrogens is 5. The molecule has 5 rings (SSSR count). The zero-order valence-electron chi connectivity index (χ0n) is 15.9. The smallest absolute Gasteiger partial charge is 0.185 e. The number of benzene rings is 1. The lowest BCUT2D eigenvalue weighted by Gasteiger charge is -2.31. The lowest BCUT2D eigenvalue weighted by molar-refractivity contribution is 0.0481. The summed E-state index contributed by atoms with van der Waals surface area (Å²) in [5, 5.41) is 14.0. The molecule has 1 aromatic carbocycles. The van der Waals surface area contributed by atoms with Gasteiger partial charge in [-0.15, -0.1) is 10.2 Å². The van der Waals surface area contributed by atoms with Gasteiger partial charge in [0.25, 0.3) is 0 Å². The number of ether oxygens (including phenoxy) is 1. The predicted octanol–water partition coefficient (Wildman–Crippen LogP) is 4.12. The van der Waals surface area contributed by atoms with Crippen molar-refractivity contribution in [2.24, 2.45) is 5.92 Å². The molecule has 4 aromatic rings. The Balaban J connectivity index is 1.84. The standard InChI is InChI=1S/C22H21N5O/c1-14-11-12-16-18(20(14)28-2)19(17-10-6-7-13-23-17)26-27-21(24-25-22(16)27)15-8-4-3-5-9-15/h3-10,13-14,20H,11-12H2,1-2H3. The fourth-order valence-corrected chi connectivity index (χ4v) is 4.15. The third kappa shape index (κ3) is 2.60. The lowest BCUT2D eigenvalue weighted by Crippen LogP contribution is -2.23. The highest BCUT2D eigenvalue weighted by Gasteiger charge is 2.33. The number of fused-ring (bicyclic) bond motifs is 3. The van der Waals surface area contributed by atoms with Gasteiger partial charge >= 0.3 is 0 Å². The molecule has 2 atom stereocenters. The molecule has 0 radical (unpaired) electrons. The Labute approximate surface area is 163 Å². The van der Waals surface area contributed by atoms with Crippen molar-refractivity contribution in [2.45, 2.75) is 25.9 Å². The Kier molecular flexibility index (Phi) is 4.13. The van der Waals surface area contributed by atoms with Gasteiger partial charge in [-0.3, -0.25) is 4.98 Å². The number of hydrogen-bond donors (Lipinski definition) is 0. The summed E-state index contributed by atoms with van der Waals surface area (Å²) in [6, 6.07) is 15.9. The van der Waals surface area contributed by atoms with Gasteiger partial charge in [-0.05, 0) is 30.9 Å². The summed E-state index contributed by atoms with van der Waals surface area (Å²) in [6.45, 7) is 2.22. The SMILES string of the molecule is COC1c2c(-c3ccccn3)nn3c(-c4ccccc4)nnc3c2CCC1C. The topological polar surface area (TPSA) is 65.2 Å². The molecule has 6 heteroatoms. The Morgan fingerprint density at radius 2 is 1.86 bits per heavy atom. The molecule has 0 N–H and O–H groups in total. The maximum atomic E-state index is 5.91. The van der Waals surface area contributed by atoms with E-state index in [1.54, 1.807) is 13.3 Å². The van der Waals surface area contributed by atoms with E-state index in [1.807, 2.05) is 53.0 Å². The van der Waals surface area contributed by atoms with Crippen LogP contribution in [0.2, 0.25) is 0 Å². The number of nitrogens with zero attached hydrogens (tertiary/aromatic N) is 5. The number of methoxy groups -OCH3 is 1. The van der Waals surface area contributed by atoms with Gasteiger partial charge in [0.2, 0.25) is 0 Å². The van der Waals surface area contributed by atoms with Gasteiger partial charge < -0.3 is 4.74 Å². The number of aryl methyl sites for hydroxylation is 1. The van der Waals surface area contributed by atoms with E-state index in [0.29, 0.717) is 5.92 Å². The molecule has 0 aliphatic heterocycles. The highest BCUT2D eigenvalue weighted by molar-refractivity contribution is 5.69. The second-order valence-corrected chi connectivity index (χ2v) is 7.25. The molecule has 0 bridgehead atoms. The summed E-state index contributed by atoms with van der Waals surface area (Å²) in [4.78, 5) is 4.57. The quantitative estimate of drug-likeness (QED) is 0.542. The summed E-state index contributed by atoms with van der Waals surface area (Å²) in [5.74, 6) is 1.14. The van der Waals surface area contributed by atoms with E-state index in [1.165, 1.54) is 0 Å². The Hall–Kier alpha value is -3.12. The number of hydrogen-bond acceptors (Lipinski definition) is 5. The van der Waals surface area contributed by atoms with Gasteiger partial charge in [-0.1, -0.05) is 43.3 Å². The van der Waals surface area contributed by atoms with E-state index in [9.17, 15) is 0 Å². The molecule has 1 aliphatic carbocycles. The minimum absolute atomic E-state index is 0.0323. The maximum Gasteiger partial charge on any atom is 0.185 e. The van der Waals surface area contributed by atoms with Crippen LogP contribution in [0.5, 0.6) is 0 Å². The highest BCUT2D eigenvalue weighted by Crippen LogP contribution is 2.42. The van der Waals surface area contributed by atoms with E-state index in [2.05, 4.69) is 22.1 Å². The summed E-state index contributed by atoms with van der Waals surface area (Å²) >= 11 is 0. The second-order valence-electron chi connectivity index (χ2n) is 7.25. The van der Waals surface area contributed by atoms with Crippen molar-refractivity contribution in [1.82, 2.24) is 24.8 Å². The molecule has 0 amide bonds. The molecule has 28 heavy (non-hydrogen) atoms. The van der Waals surface area contributed by atoms with E-state index in [0.717, 1.165) is 52.4 Å². The molecule has 0 saturated carbocycles. The lowest BCUT2D eigenvalue weighted by atomic mass is 9.81. The molecule has 0 saturated heterocycles. The third-order valence-corrected chi connectivity index (χ3v) is 5.54.